The smallest absolute Gasteiger partial charge is 0.403 e. The lowest BCUT2D eigenvalue weighted by molar-refractivity contribution is 0.202. The van der Waals surface area contributed by atoms with Gasteiger partial charge in [0.1, 0.15) is 5.82 Å². The lowest BCUT2D eigenvalue weighted by Crippen LogP contribution is -2.33. The van der Waals surface area contributed by atoms with Crippen LogP contribution in [0.25, 0.3) is 10.9 Å². The van der Waals surface area contributed by atoms with E-state index in [-0.39, 0.29) is 16.7 Å². The number of fused-ring (bicyclic) bond motifs is 1. The monoisotopic (exact) mass is 361 g/mol. The zero-order chi connectivity index (χ0) is 18.0. The normalized spacial score (nSPS) is 10.5. The summed E-state index contributed by atoms with van der Waals surface area (Å²) in [7, 11) is 0. The van der Waals surface area contributed by atoms with Crippen molar-refractivity contribution in [1.29, 1.82) is 0 Å². The first-order chi connectivity index (χ1) is 11.9. The van der Waals surface area contributed by atoms with Crippen molar-refractivity contribution in [1.82, 2.24) is 10.4 Å². The molecule has 2 aromatic carbocycles. The van der Waals surface area contributed by atoms with Crippen LogP contribution in [-0.4, -0.2) is 11.1 Å². The molecule has 0 saturated carbocycles. The van der Waals surface area contributed by atoms with Gasteiger partial charge in [-0.15, -0.1) is 0 Å². The molecule has 8 heteroatoms. The predicted molar refractivity (Wildman–Crippen MR) is 93.5 cm³/mol. The van der Waals surface area contributed by atoms with Crippen molar-refractivity contribution in [3.63, 3.8) is 0 Å². The van der Waals surface area contributed by atoms with Crippen LogP contribution in [-0.2, 0) is 0 Å². The highest BCUT2D eigenvalue weighted by Crippen LogP contribution is 2.17. The van der Waals surface area contributed by atoms with E-state index in [0.29, 0.717) is 16.3 Å². The Morgan fingerprint density at radius 3 is 2.68 bits per heavy atom. The molecule has 0 saturated heterocycles. The van der Waals surface area contributed by atoms with E-state index in [4.69, 9.17) is 16.3 Å². The number of aryl methyl sites for hydroxylation is 1. The number of pyridine rings is 1. The molecule has 3 N–H and O–H groups in total. The van der Waals surface area contributed by atoms with E-state index in [0.717, 1.165) is 6.20 Å². The largest absolute Gasteiger partial charge is 0.431 e. The quantitative estimate of drug-likeness (QED) is 0.620. The van der Waals surface area contributed by atoms with Gasteiger partial charge in [0.2, 0.25) is 5.43 Å². The van der Waals surface area contributed by atoms with Crippen molar-refractivity contribution in [2.24, 2.45) is 0 Å². The zero-order valence-electron chi connectivity index (χ0n) is 13.0. The van der Waals surface area contributed by atoms with Crippen LogP contribution in [0.15, 0.2) is 47.4 Å². The number of nitrogens with one attached hydrogen (secondary N) is 3. The third kappa shape index (κ3) is 3.72. The molecule has 0 unspecified atom stereocenters. The van der Waals surface area contributed by atoms with Crippen molar-refractivity contribution in [3.8, 4) is 5.75 Å². The summed E-state index contributed by atoms with van der Waals surface area (Å²) in [5.41, 5.74) is 5.53. The number of ether oxygens (including phenoxy) is 1. The molecule has 1 amide bonds. The SMILES string of the molecule is Cc1cc(F)c2[nH]cc(OC(=O)NNc3ccc(Cl)cc3)c(=O)c2c1. The van der Waals surface area contributed by atoms with Crippen molar-refractivity contribution in [2.45, 2.75) is 6.92 Å². The molecule has 3 aromatic rings. The lowest BCUT2D eigenvalue weighted by Gasteiger charge is -2.09. The summed E-state index contributed by atoms with van der Waals surface area (Å²) in [6.07, 6.45) is 0.248. The maximum absolute atomic E-state index is 13.8. The Bertz CT molecular complexity index is 1000. The number of rotatable bonds is 3. The average molecular weight is 362 g/mol. The van der Waals surface area contributed by atoms with Crippen LogP contribution >= 0.6 is 11.6 Å². The summed E-state index contributed by atoms with van der Waals surface area (Å²) in [5, 5.41) is 0.659. The fraction of sp³-hybridized carbons (Fsp3) is 0.0588. The number of carbonyl (C=O) groups is 1. The predicted octanol–water partition coefficient (Wildman–Crippen LogP) is 3.74. The van der Waals surface area contributed by atoms with Gasteiger partial charge in [-0.3, -0.25) is 10.2 Å². The number of aromatic amines is 1. The number of anilines is 1. The van der Waals surface area contributed by atoms with E-state index >= 15 is 0 Å². The average Bonchev–Trinajstić information content (AvgIpc) is 2.57. The van der Waals surface area contributed by atoms with Crippen molar-refractivity contribution in [2.75, 3.05) is 5.43 Å². The van der Waals surface area contributed by atoms with Crippen molar-refractivity contribution < 1.29 is 13.9 Å². The Morgan fingerprint density at radius 2 is 1.96 bits per heavy atom. The number of halogens is 2. The molecule has 0 fully saturated rings. The number of aromatic nitrogens is 1. The first kappa shape index (κ1) is 16.8. The summed E-state index contributed by atoms with van der Waals surface area (Å²) >= 11 is 5.76. The third-order valence-electron chi connectivity index (χ3n) is 3.41. The molecule has 1 heterocycles. The molecule has 0 radical (unpaired) electrons. The molecule has 0 bridgehead atoms. The van der Waals surface area contributed by atoms with Gasteiger partial charge in [-0.1, -0.05) is 11.6 Å². The van der Waals surface area contributed by atoms with Crippen LogP contribution in [0.4, 0.5) is 14.9 Å². The van der Waals surface area contributed by atoms with Crippen molar-refractivity contribution in [3.05, 3.63) is 69.2 Å². The molecular weight excluding hydrogens is 349 g/mol. The molecule has 1 aromatic heterocycles. The first-order valence-electron chi connectivity index (χ1n) is 7.25. The van der Waals surface area contributed by atoms with Crippen molar-refractivity contribution >= 4 is 34.3 Å². The van der Waals surface area contributed by atoms with Gasteiger partial charge in [0, 0.05) is 11.2 Å². The summed E-state index contributed by atoms with van der Waals surface area (Å²) in [4.78, 5) is 26.8. The van der Waals surface area contributed by atoms with Gasteiger partial charge in [0.15, 0.2) is 5.75 Å². The molecule has 25 heavy (non-hydrogen) atoms. The Hall–Kier alpha value is -3.06. The minimum Gasteiger partial charge on any atom is -0.403 e. The number of benzene rings is 2. The van der Waals surface area contributed by atoms with E-state index < -0.39 is 17.3 Å². The first-order valence-corrected chi connectivity index (χ1v) is 7.63. The fourth-order valence-electron chi connectivity index (χ4n) is 2.26. The van der Waals surface area contributed by atoms with Gasteiger partial charge in [-0.25, -0.2) is 14.6 Å². The van der Waals surface area contributed by atoms with E-state index in [2.05, 4.69) is 15.8 Å². The Morgan fingerprint density at radius 1 is 1.24 bits per heavy atom. The van der Waals surface area contributed by atoms with Crippen LogP contribution in [0.5, 0.6) is 5.75 Å². The molecule has 6 nitrogen and oxygen atoms in total. The van der Waals surface area contributed by atoms with Gasteiger partial charge in [-0.2, -0.15) is 0 Å². The maximum atomic E-state index is 13.8. The molecule has 0 aliphatic rings. The van der Waals surface area contributed by atoms with Gasteiger partial charge in [-0.05, 0) is 48.9 Å². The maximum Gasteiger partial charge on any atom is 0.431 e. The standard InChI is InChI=1S/C17H13ClFN3O3/c1-9-6-12-15(13(19)7-9)20-8-14(16(12)23)25-17(24)22-21-11-4-2-10(18)3-5-11/h2-8,21H,1H3,(H,20,23)(H,22,24). The molecule has 3 rings (SSSR count). The topological polar surface area (TPSA) is 83.2 Å². The molecule has 128 valence electrons. The molecule has 0 atom stereocenters. The van der Waals surface area contributed by atoms with Crippen LogP contribution < -0.4 is 21.0 Å². The third-order valence-corrected chi connectivity index (χ3v) is 3.66. The van der Waals surface area contributed by atoms with E-state index in [1.165, 1.54) is 12.1 Å². The summed E-state index contributed by atoms with van der Waals surface area (Å²) < 4.78 is 18.8. The van der Waals surface area contributed by atoms with E-state index in [1.54, 1.807) is 31.2 Å². The molecule has 0 aliphatic heterocycles. The molecule has 0 spiro atoms. The van der Waals surface area contributed by atoms with Gasteiger partial charge in [0.05, 0.1) is 16.6 Å². The minimum absolute atomic E-state index is 0.0580. The molecular formula is C17H13ClFN3O3. The molecule has 0 aliphatic carbocycles. The number of H-pyrrole nitrogens is 1. The number of hydrogen-bond donors (Lipinski definition) is 3. The van der Waals surface area contributed by atoms with Gasteiger partial charge < -0.3 is 9.72 Å². The Kier molecular flexibility index (Phi) is 4.58. The summed E-state index contributed by atoms with van der Waals surface area (Å²) in [6, 6.07) is 9.41. The highest BCUT2D eigenvalue weighted by atomic mass is 35.5. The number of hydrazine groups is 1. The second kappa shape index (κ2) is 6.82. The second-order valence-electron chi connectivity index (χ2n) is 5.30. The zero-order valence-corrected chi connectivity index (χ0v) is 13.8. The second-order valence-corrected chi connectivity index (χ2v) is 5.73. The highest BCUT2D eigenvalue weighted by molar-refractivity contribution is 6.30. The number of carbonyl (C=O) groups excluding carboxylic acids is 1. The van der Waals surface area contributed by atoms with Crippen LogP contribution in [0.2, 0.25) is 5.02 Å². The Labute approximate surface area is 146 Å². The minimum atomic E-state index is -0.895. The van der Waals surface area contributed by atoms with Crippen LogP contribution in [0.1, 0.15) is 5.56 Å². The highest BCUT2D eigenvalue weighted by Gasteiger charge is 2.13. The number of hydrogen-bond acceptors (Lipinski definition) is 4. The van der Waals surface area contributed by atoms with E-state index in [9.17, 15) is 14.0 Å². The van der Waals surface area contributed by atoms with E-state index in [1.807, 2.05) is 0 Å². The Balaban J connectivity index is 1.76. The fourth-order valence-corrected chi connectivity index (χ4v) is 2.39. The number of amides is 1. The summed E-state index contributed by atoms with van der Waals surface area (Å²) in [6.45, 7) is 1.66. The van der Waals surface area contributed by atoms with Crippen LogP contribution in [0.3, 0.4) is 0 Å². The lowest BCUT2D eigenvalue weighted by atomic mass is 10.1. The van der Waals surface area contributed by atoms with Crippen LogP contribution in [0, 0.1) is 12.7 Å². The van der Waals surface area contributed by atoms with Gasteiger partial charge in [0.25, 0.3) is 0 Å². The van der Waals surface area contributed by atoms with Gasteiger partial charge >= 0.3 is 6.09 Å². The summed E-state index contributed by atoms with van der Waals surface area (Å²) in [5.74, 6) is -0.791.